The Morgan fingerprint density at radius 1 is 1.39 bits per heavy atom. The summed E-state index contributed by atoms with van der Waals surface area (Å²) in [6.45, 7) is 1.70. The van der Waals surface area contributed by atoms with Crippen LogP contribution in [0.1, 0.15) is 25.7 Å². The molecule has 1 aromatic heterocycles. The van der Waals surface area contributed by atoms with Gasteiger partial charge in [0, 0.05) is 36.2 Å². The Hall–Kier alpha value is -0.610. The summed E-state index contributed by atoms with van der Waals surface area (Å²) >= 11 is 3.79. The molecular weight excluding hydrogens is 292 g/mol. The van der Waals surface area contributed by atoms with Gasteiger partial charge in [-0.3, -0.25) is 4.79 Å². The molecule has 0 spiro atoms. The van der Waals surface area contributed by atoms with Crippen molar-refractivity contribution < 1.29 is 0 Å². The van der Waals surface area contributed by atoms with Gasteiger partial charge in [-0.15, -0.1) is 0 Å². The predicted octanol–water partition coefficient (Wildman–Crippen LogP) is 2.49. The molecule has 0 N–H and O–H groups in total. The van der Waals surface area contributed by atoms with Crippen LogP contribution in [0.3, 0.4) is 0 Å². The fourth-order valence-corrected chi connectivity index (χ4v) is 3.63. The van der Waals surface area contributed by atoms with Gasteiger partial charge in [0.2, 0.25) is 0 Å². The highest BCUT2D eigenvalue weighted by Crippen LogP contribution is 2.27. The van der Waals surface area contributed by atoms with Crippen LogP contribution in [0.25, 0.3) is 0 Å². The molecule has 1 aliphatic carbocycles. The molecule has 1 aliphatic rings. The van der Waals surface area contributed by atoms with Crippen molar-refractivity contribution in [1.82, 2.24) is 9.47 Å². The van der Waals surface area contributed by atoms with Gasteiger partial charge in [-0.25, -0.2) is 0 Å². The van der Waals surface area contributed by atoms with E-state index in [1.807, 2.05) is 12.3 Å². The minimum atomic E-state index is 0.0879. The minimum absolute atomic E-state index is 0.0879. The molecule has 0 aliphatic heterocycles. The fourth-order valence-electron chi connectivity index (χ4n) is 2.64. The van der Waals surface area contributed by atoms with E-state index < -0.39 is 0 Å². The maximum Gasteiger partial charge on any atom is 0.250 e. The van der Waals surface area contributed by atoms with Gasteiger partial charge in [-0.2, -0.15) is 0 Å². The monoisotopic (exact) mass is 312 g/mol. The van der Waals surface area contributed by atoms with Crippen molar-refractivity contribution in [2.45, 2.75) is 43.1 Å². The van der Waals surface area contributed by atoms with Crippen LogP contribution in [0.2, 0.25) is 0 Å². The van der Waals surface area contributed by atoms with E-state index in [9.17, 15) is 4.79 Å². The standard InChI is InChI=1S/C14H21BrN2O/c1-16(13-7-3-2-6-12(13)15)10-11-17-9-5-4-8-14(17)18/h4-5,8-9,12-13H,2-3,6-7,10-11H2,1H3. The van der Waals surface area contributed by atoms with E-state index in [4.69, 9.17) is 0 Å². The van der Waals surface area contributed by atoms with Gasteiger partial charge in [0.25, 0.3) is 5.56 Å². The Balaban J connectivity index is 1.90. The number of likely N-dealkylation sites (N-methyl/N-ethyl adjacent to an activating group) is 1. The maximum absolute atomic E-state index is 11.6. The second-order valence-corrected chi connectivity index (χ2v) is 6.26. The molecule has 1 saturated carbocycles. The molecule has 3 nitrogen and oxygen atoms in total. The van der Waals surface area contributed by atoms with Gasteiger partial charge in [0.05, 0.1) is 0 Å². The topological polar surface area (TPSA) is 25.2 Å². The van der Waals surface area contributed by atoms with Crippen molar-refractivity contribution in [2.75, 3.05) is 13.6 Å². The predicted molar refractivity (Wildman–Crippen MR) is 78.3 cm³/mol. The molecule has 2 unspecified atom stereocenters. The van der Waals surface area contributed by atoms with E-state index in [-0.39, 0.29) is 5.56 Å². The highest BCUT2D eigenvalue weighted by atomic mass is 79.9. The Labute approximate surface area is 117 Å². The van der Waals surface area contributed by atoms with Crippen LogP contribution in [-0.2, 0) is 6.54 Å². The first kappa shape index (κ1) is 13.8. The lowest BCUT2D eigenvalue weighted by Crippen LogP contribution is -2.42. The number of halogens is 1. The molecule has 1 fully saturated rings. The van der Waals surface area contributed by atoms with Crippen molar-refractivity contribution >= 4 is 15.9 Å². The van der Waals surface area contributed by atoms with Gasteiger partial charge in [-0.05, 0) is 26.0 Å². The first-order valence-corrected chi connectivity index (χ1v) is 7.60. The van der Waals surface area contributed by atoms with Crippen molar-refractivity contribution in [3.63, 3.8) is 0 Å². The third-order valence-corrected chi connectivity index (χ3v) is 4.87. The molecule has 0 amide bonds. The van der Waals surface area contributed by atoms with Crippen LogP contribution in [-0.4, -0.2) is 33.9 Å². The number of alkyl halides is 1. The average Bonchev–Trinajstić information content (AvgIpc) is 2.38. The smallest absolute Gasteiger partial charge is 0.250 e. The van der Waals surface area contributed by atoms with Gasteiger partial charge in [0.15, 0.2) is 0 Å². The Morgan fingerprint density at radius 3 is 2.89 bits per heavy atom. The summed E-state index contributed by atoms with van der Waals surface area (Å²) in [6, 6.07) is 5.93. The number of rotatable bonds is 4. The quantitative estimate of drug-likeness (QED) is 0.798. The summed E-state index contributed by atoms with van der Waals surface area (Å²) < 4.78 is 1.78. The highest BCUT2D eigenvalue weighted by Gasteiger charge is 2.25. The number of nitrogens with zero attached hydrogens (tertiary/aromatic N) is 2. The van der Waals surface area contributed by atoms with Gasteiger partial charge in [0.1, 0.15) is 0 Å². The highest BCUT2D eigenvalue weighted by molar-refractivity contribution is 9.09. The molecule has 2 rings (SSSR count). The fraction of sp³-hybridized carbons (Fsp3) is 0.643. The van der Waals surface area contributed by atoms with E-state index in [2.05, 4.69) is 27.9 Å². The van der Waals surface area contributed by atoms with Crippen molar-refractivity contribution in [3.05, 3.63) is 34.7 Å². The summed E-state index contributed by atoms with van der Waals surface area (Å²) in [5, 5.41) is 0. The molecule has 1 aromatic rings. The lowest BCUT2D eigenvalue weighted by Gasteiger charge is -2.35. The molecule has 0 saturated heterocycles. The first-order chi connectivity index (χ1) is 8.68. The third kappa shape index (κ3) is 3.45. The van der Waals surface area contributed by atoms with E-state index >= 15 is 0 Å². The van der Waals surface area contributed by atoms with Crippen molar-refractivity contribution in [3.8, 4) is 0 Å². The van der Waals surface area contributed by atoms with Crippen LogP contribution in [0.15, 0.2) is 29.2 Å². The molecule has 1 heterocycles. The Bertz CT molecular complexity index is 432. The summed E-state index contributed by atoms with van der Waals surface area (Å²) in [6.07, 6.45) is 7.04. The summed E-state index contributed by atoms with van der Waals surface area (Å²) in [5.74, 6) is 0. The van der Waals surface area contributed by atoms with E-state index in [1.54, 1.807) is 16.7 Å². The van der Waals surface area contributed by atoms with E-state index in [1.165, 1.54) is 25.7 Å². The molecule has 0 bridgehead atoms. The second-order valence-electron chi connectivity index (χ2n) is 5.08. The van der Waals surface area contributed by atoms with E-state index in [0.717, 1.165) is 13.1 Å². The Morgan fingerprint density at radius 2 is 2.17 bits per heavy atom. The number of pyridine rings is 1. The first-order valence-electron chi connectivity index (χ1n) is 6.68. The van der Waals surface area contributed by atoms with Crippen LogP contribution in [0.5, 0.6) is 0 Å². The SMILES string of the molecule is CN(CCn1ccccc1=O)C1CCCCC1Br. The number of hydrogen-bond acceptors (Lipinski definition) is 2. The zero-order valence-electron chi connectivity index (χ0n) is 10.9. The van der Waals surface area contributed by atoms with Crippen LogP contribution >= 0.6 is 15.9 Å². The molecule has 100 valence electrons. The summed E-state index contributed by atoms with van der Waals surface area (Å²) in [4.78, 5) is 14.6. The van der Waals surface area contributed by atoms with E-state index in [0.29, 0.717) is 10.9 Å². The van der Waals surface area contributed by atoms with Crippen LogP contribution in [0, 0.1) is 0 Å². The lowest BCUT2D eigenvalue weighted by molar-refractivity contribution is 0.193. The van der Waals surface area contributed by atoms with Gasteiger partial charge in [-0.1, -0.05) is 34.8 Å². The Kier molecular flexibility index (Phi) is 5.01. The van der Waals surface area contributed by atoms with Crippen molar-refractivity contribution in [1.29, 1.82) is 0 Å². The van der Waals surface area contributed by atoms with Gasteiger partial charge >= 0.3 is 0 Å². The zero-order chi connectivity index (χ0) is 13.0. The molecule has 0 aromatic carbocycles. The minimum Gasteiger partial charge on any atom is -0.314 e. The number of aromatic nitrogens is 1. The normalized spacial score (nSPS) is 24.4. The molecule has 0 radical (unpaired) electrons. The molecule has 2 atom stereocenters. The lowest BCUT2D eigenvalue weighted by atomic mass is 9.94. The average molecular weight is 313 g/mol. The molecule has 18 heavy (non-hydrogen) atoms. The largest absolute Gasteiger partial charge is 0.314 e. The van der Waals surface area contributed by atoms with Crippen LogP contribution in [0.4, 0.5) is 0 Å². The summed E-state index contributed by atoms with van der Waals surface area (Å²) in [5.41, 5.74) is 0.0879. The third-order valence-electron chi connectivity index (χ3n) is 3.81. The number of hydrogen-bond donors (Lipinski definition) is 0. The zero-order valence-corrected chi connectivity index (χ0v) is 12.5. The van der Waals surface area contributed by atoms with Crippen molar-refractivity contribution in [2.24, 2.45) is 0 Å². The van der Waals surface area contributed by atoms with Gasteiger partial charge < -0.3 is 9.47 Å². The maximum atomic E-state index is 11.6. The summed E-state index contributed by atoms with van der Waals surface area (Å²) in [7, 11) is 2.16. The molecular formula is C14H21BrN2O. The van der Waals surface area contributed by atoms with Crippen LogP contribution < -0.4 is 5.56 Å². The second kappa shape index (κ2) is 6.53. The molecule has 4 heteroatoms.